The molecule has 0 aliphatic rings. The highest BCUT2D eigenvalue weighted by Gasteiger charge is 2.23. The van der Waals surface area contributed by atoms with Gasteiger partial charge in [-0.05, 0) is 12.8 Å². The van der Waals surface area contributed by atoms with Crippen molar-refractivity contribution in [1.29, 1.82) is 0 Å². The van der Waals surface area contributed by atoms with Crippen molar-refractivity contribution < 1.29 is 37.9 Å². The van der Waals surface area contributed by atoms with Crippen LogP contribution >= 0.6 is 7.82 Å². The lowest BCUT2D eigenvalue weighted by Gasteiger charge is -2.15. The predicted octanol–water partition coefficient (Wildman–Crippen LogP) is 7.76. The number of phosphoric ester groups is 1. The Kier molecular flexibility index (Phi) is 28.4. The molecule has 0 rings (SSSR count). The summed E-state index contributed by atoms with van der Waals surface area (Å²) in [7, 11) is -4.39. The molecule has 9 nitrogen and oxygen atoms in total. The number of carbonyl (C=O) groups is 2. The van der Waals surface area contributed by atoms with E-state index in [-0.39, 0.29) is 32.1 Å². The van der Waals surface area contributed by atoms with E-state index in [9.17, 15) is 24.2 Å². The number of aliphatic hydroxyl groups excluding tert-OH is 1. The largest absolute Gasteiger partial charge is 0.472 e. The van der Waals surface area contributed by atoms with Crippen LogP contribution in [0.15, 0.2) is 0 Å². The van der Waals surface area contributed by atoms with Crippen molar-refractivity contribution in [3.05, 3.63) is 0 Å². The molecule has 0 aliphatic heterocycles. The van der Waals surface area contributed by atoms with Crippen molar-refractivity contribution >= 4 is 19.7 Å². The lowest BCUT2D eigenvalue weighted by atomic mass is 10.0. The summed E-state index contributed by atoms with van der Waals surface area (Å²) < 4.78 is 26.5. The normalized spacial score (nSPS) is 13.6. The summed E-state index contributed by atoms with van der Waals surface area (Å²) >= 11 is 0. The monoisotopic (exact) mass is 607 g/mol. The molecule has 0 saturated heterocycles. The number of unbranched alkanes of at least 4 members (excludes halogenated alkanes) is 18. The van der Waals surface area contributed by atoms with Crippen LogP contribution in [0.2, 0.25) is 0 Å². The Morgan fingerprint density at radius 3 is 1.59 bits per heavy atom. The quantitative estimate of drug-likeness (QED) is 0.0414. The van der Waals surface area contributed by atoms with Gasteiger partial charge in [0.1, 0.15) is 12.7 Å². The molecule has 0 aromatic carbocycles. The Labute approximate surface area is 250 Å². The molecule has 2 atom stereocenters. The third kappa shape index (κ3) is 30.3. The van der Waals surface area contributed by atoms with Crippen molar-refractivity contribution in [2.45, 2.75) is 161 Å². The highest BCUT2D eigenvalue weighted by Crippen LogP contribution is 2.42. The SMILES string of the molecule is CCCCCCCCCCCCCCCCCC(=O)OCC(O)COP(=O)(O)OCCNC(=O)CCCCCCC. The lowest BCUT2D eigenvalue weighted by Crippen LogP contribution is -2.27. The molecule has 0 saturated carbocycles. The average molecular weight is 608 g/mol. The van der Waals surface area contributed by atoms with Gasteiger partial charge in [-0.25, -0.2) is 4.57 Å². The number of phosphoric acid groups is 1. The van der Waals surface area contributed by atoms with E-state index in [2.05, 4.69) is 19.2 Å². The molecule has 0 aromatic rings. The number of hydrogen-bond donors (Lipinski definition) is 3. The predicted molar refractivity (Wildman–Crippen MR) is 165 cm³/mol. The third-order valence-corrected chi connectivity index (χ3v) is 8.02. The number of rotatable bonds is 31. The van der Waals surface area contributed by atoms with Gasteiger partial charge >= 0.3 is 13.8 Å². The highest BCUT2D eigenvalue weighted by atomic mass is 31.2. The summed E-state index contributed by atoms with van der Waals surface area (Å²) in [5.41, 5.74) is 0. The minimum absolute atomic E-state index is 0.0845. The maximum absolute atomic E-state index is 11.9. The van der Waals surface area contributed by atoms with E-state index in [1.807, 2.05) is 0 Å². The Hall–Kier alpha value is -0.990. The molecule has 10 heteroatoms. The van der Waals surface area contributed by atoms with Crippen LogP contribution in [0, 0.1) is 0 Å². The fraction of sp³-hybridized carbons (Fsp3) is 0.935. The second kappa shape index (κ2) is 29.1. The summed E-state index contributed by atoms with van der Waals surface area (Å²) in [6, 6.07) is 0. The van der Waals surface area contributed by atoms with Crippen LogP contribution in [-0.2, 0) is 27.9 Å². The van der Waals surface area contributed by atoms with E-state index in [1.54, 1.807) is 0 Å². The first-order valence-corrected chi connectivity index (χ1v) is 18.0. The van der Waals surface area contributed by atoms with Crippen molar-refractivity contribution in [3.8, 4) is 0 Å². The zero-order chi connectivity index (χ0) is 30.4. The molecule has 0 heterocycles. The second-order valence-corrected chi connectivity index (χ2v) is 12.6. The maximum atomic E-state index is 11.9. The molecule has 0 radical (unpaired) electrons. The molecular weight excluding hydrogens is 545 g/mol. The molecule has 3 N–H and O–H groups in total. The van der Waals surface area contributed by atoms with Crippen molar-refractivity contribution in [2.24, 2.45) is 0 Å². The lowest BCUT2D eigenvalue weighted by molar-refractivity contribution is -0.147. The van der Waals surface area contributed by atoms with Crippen LogP contribution in [0.4, 0.5) is 0 Å². The summed E-state index contributed by atoms with van der Waals surface area (Å²) in [5.74, 6) is -0.524. The number of aliphatic hydroxyl groups is 1. The van der Waals surface area contributed by atoms with E-state index < -0.39 is 26.5 Å². The molecule has 41 heavy (non-hydrogen) atoms. The first-order chi connectivity index (χ1) is 19.8. The third-order valence-electron chi connectivity index (χ3n) is 7.04. The van der Waals surface area contributed by atoms with Gasteiger partial charge in [0.2, 0.25) is 5.91 Å². The van der Waals surface area contributed by atoms with Crippen molar-refractivity contribution in [1.82, 2.24) is 5.32 Å². The van der Waals surface area contributed by atoms with E-state index in [0.717, 1.165) is 51.4 Å². The summed E-state index contributed by atoms with van der Waals surface area (Å²) in [5, 5.41) is 12.5. The molecule has 0 bridgehead atoms. The molecule has 244 valence electrons. The van der Waals surface area contributed by atoms with Gasteiger partial charge < -0.3 is 20.1 Å². The highest BCUT2D eigenvalue weighted by molar-refractivity contribution is 7.47. The minimum atomic E-state index is -4.39. The van der Waals surface area contributed by atoms with Gasteiger partial charge in [0.25, 0.3) is 0 Å². The summed E-state index contributed by atoms with van der Waals surface area (Å²) in [4.78, 5) is 33.3. The van der Waals surface area contributed by atoms with Gasteiger partial charge in [-0.3, -0.25) is 18.6 Å². The van der Waals surface area contributed by atoms with Gasteiger partial charge in [-0.2, -0.15) is 0 Å². The van der Waals surface area contributed by atoms with Gasteiger partial charge in [-0.15, -0.1) is 0 Å². The Balaban J connectivity index is 3.59. The first-order valence-electron chi connectivity index (χ1n) is 16.5. The molecule has 0 aromatic heterocycles. The zero-order valence-corrected chi connectivity index (χ0v) is 27.1. The van der Waals surface area contributed by atoms with E-state index in [0.29, 0.717) is 6.42 Å². The van der Waals surface area contributed by atoms with Crippen molar-refractivity contribution in [2.75, 3.05) is 26.4 Å². The number of esters is 1. The first kappa shape index (κ1) is 40.0. The Morgan fingerprint density at radius 1 is 0.659 bits per heavy atom. The molecular formula is C31H62NO8P. The van der Waals surface area contributed by atoms with E-state index in [1.165, 1.54) is 77.0 Å². The van der Waals surface area contributed by atoms with E-state index >= 15 is 0 Å². The van der Waals surface area contributed by atoms with Crippen molar-refractivity contribution in [3.63, 3.8) is 0 Å². The Morgan fingerprint density at radius 2 is 1.10 bits per heavy atom. The van der Waals surface area contributed by atoms with Gasteiger partial charge in [0, 0.05) is 19.4 Å². The molecule has 0 aliphatic carbocycles. The zero-order valence-electron chi connectivity index (χ0n) is 26.3. The van der Waals surface area contributed by atoms with Crippen LogP contribution in [0.3, 0.4) is 0 Å². The van der Waals surface area contributed by atoms with Crippen LogP contribution in [-0.4, -0.2) is 54.3 Å². The standard InChI is InChI=1S/C31H62NO8P/c1-3-5-7-9-10-11-12-13-14-15-16-17-18-20-22-24-31(35)38-27-29(33)28-40-41(36,37)39-26-25-32-30(34)23-21-19-8-6-4-2/h29,33H,3-28H2,1-2H3,(H,32,34)(H,36,37). The fourth-order valence-corrected chi connectivity index (χ4v) is 5.25. The van der Waals surface area contributed by atoms with E-state index in [4.69, 9.17) is 13.8 Å². The van der Waals surface area contributed by atoms with Crippen LogP contribution < -0.4 is 5.32 Å². The smallest absolute Gasteiger partial charge is 0.463 e. The molecule has 0 spiro atoms. The second-order valence-electron chi connectivity index (χ2n) is 11.1. The van der Waals surface area contributed by atoms with Crippen LogP contribution in [0.25, 0.3) is 0 Å². The topological polar surface area (TPSA) is 131 Å². The molecule has 0 fully saturated rings. The number of ether oxygens (including phenoxy) is 1. The van der Waals surface area contributed by atoms with Gasteiger partial charge in [0.05, 0.1) is 13.2 Å². The fourth-order valence-electron chi connectivity index (χ4n) is 4.50. The number of nitrogens with one attached hydrogen (secondary N) is 1. The number of amides is 1. The van der Waals surface area contributed by atoms with Gasteiger partial charge in [-0.1, -0.05) is 129 Å². The Bertz CT molecular complexity index is 664. The average Bonchev–Trinajstić information content (AvgIpc) is 2.95. The molecule has 1 amide bonds. The number of carbonyl (C=O) groups excluding carboxylic acids is 2. The summed E-state index contributed by atoms with van der Waals surface area (Å²) in [6.45, 7) is 3.45. The van der Waals surface area contributed by atoms with Crippen LogP contribution in [0.1, 0.15) is 155 Å². The van der Waals surface area contributed by atoms with Gasteiger partial charge in [0.15, 0.2) is 0 Å². The van der Waals surface area contributed by atoms with Crippen LogP contribution in [0.5, 0.6) is 0 Å². The molecule has 2 unspecified atom stereocenters. The minimum Gasteiger partial charge on any atom is -0.463 e. The summed E-state index contributed by atoms with van der Waals surface area (Å²) in [6.07, 6.45) is 23.5. The maximum Gasteiger partial charge on any atom is 0.472 e. The number of hydrogen-bond acceptors (Lipinski definition) is 7.